The Bertz CT molecular complexity index is 998. The van der Waals surface area contributed by atoms with E-state index in [4.69, 9.17) is 4.74 Å². The quantitative estimate of drug-likeness (QED) is 0.509. The van der Waals surface area contributed by atoms with Crippen LogP contribution in [0.5, 0.6) is 0 Å². The Morgan fingerprint density at radius 1 is 1.13 bits per heavy atom. The summed E-state index contributed by atoms with van der Waals surface area (Å²) >= 11 is 3.41. The van der Waals surface area contributed by atoms with Gasteiger partial charge in [-0.25, -0.2) is 4.98 Å². The third kappa shape index (κ3) is 6.40. The van der Waals surface area contributed by atoms with Gasteiger partial charge in [-0.05, 0) is 42.3 Å². The maximum absolute atomic E-state index is 12.7. The van der Waals surface area contributed by atoms with E-state index in [1.807, 2.05) is 37.3 Å². The molecule has 0 saturated carbocycles. The summed E-state index contributed by atoms with van der Waals surface area (Å²) in [6.45, 7) is 6.92. The summed E-state index contributed by atoms with van der Waals surface area (Å²) < 4.78 is 5.44. The van der Waals surface area contributed by atoms with E-state index in [9.17, 15) is 4.79 Å². The highest BCUT2D eigenvalue weighted by Crippen LogP contribution is 2.24. The number of aryl methyl sites for hydroxylation is 1. The molecule has 0 spiro atoms. The number of ether oxygens (including phenoxy) is 1. The van der Waals surface area contributed by atoms with Gasteiger partial charge < -0.3 is 10.1 Å². The minimum atomic E-state index is -0.0483. The number of nitrogens with one attached hydrogen (secondary N) is 1. The van der Waals surface area contributed by atoms with Gasteiger partial charge in [-0.15, -0.1) is 23.1 Å². The number of morpholine rings is 1. The van der Waals surface area contributed by atoms with Gasteiger partial charge in [0, 0.05) is 47.8 Å². The lowest BCUT2D eigenvalue weighted by atomic mass is 10.1. The van der Waals surface area contributed by atoms with Gasteiger partial charge in [-0.2, -0.15) is 0 Å². The number of nitrogens with zero attached hydrogens (tertiary/aromatic N) is 2. The maximum Gasteiger partial charge on any atom is 0.251 e. The van der Waals surface area contributed by atoms with E-state index in [0.29, 0.717) is 12.1 Å². The zero-order chi connectivity index (χ0) is 21.5. The minimum Gasteiger partial charge on any atom is -0.379 e. The van der Waals surface area contributed by atoms with E-state index in [1.54, 1.807) is 23.1 Å². The van der Waals surface area contributed by atoms with Crippen molar-refractivity contribution in [1.29, 1.82) is 0 Å². The van der Waals surface area contributed by atoms with Gasteiger partial charge >= 0.3 is 0 Å². The lowest BCUT2D eigenvalue weighted by Crippen LogP contribution is -2.36. The number of aromatic nitrogens is 1. The summed E-state index contributed by atoms with van der Waals surface area (Å²) in [6, 6.07) is 16.1. The van der Waals surface area contributed by atoms with Crippen molar-refractivity contribution >= 4 is 29.0 Å². The monoisotopic (exact) mass is 453 g/mol. The van der Waals surface area contributed by atoms with Crippen molar-refractivity contribution in [3.63, 3.8) is 0 Å². The maximum atomic E-state index is 12.7. The SMILES string of the molecule is Cc1nc(CSc2ccc(C(=O)NCc3ccccc3CN3CCOCC3)cc2)cs1. The minimum absolute atomic E-state index is 0.0483. The van der Waals surface area contributed by atoms with Crippen LogP contribution < -0.4 is 5.32 Å². The Balaban J connectivity index is 1.30. The molecule has 1 saturated heterocycles. The Labute approximate surface area is 191 Å². The smallest absolute Gasteiger partial charge is 0.251 e. The highest BCUT2D eigenvalue weighted by Gasteiger charge is 2.13. The second-order valence-corrected chi connectivity index (χ2v) is 9.62. The van der Waals surface area contributed by atoms with Gasteiger partial charge in [0.05, 0.1) is 23.9 Å². The summed E-state index contributed by atoms with van der Waals surface area (Å²) in [5.41, 5.74) is 4.20. The molecule has 7 heteroatoms. The van der Waals surface area contributed by atoms with E-state index < -0.39 is 0 Å². The fourth-order valence-corrected chi connectivity index (χ4v) is 5.01. The van der Waals surface area contributed by atoms with Crippen molar-refractivity contribution in [3.8, 4) is 0 Å². The Hall–Kier alpha value is -2.19. The molecule has 1 aliphatic rings. The number of thiazole rings is 1. The van der Waals surface area contributed by atoms with Crippen molar-refractivity contribution in [2.75, 3.05) is 26.3 Å². The molecule has 3 aromatic rings. The van der Waals surface area contributed by atoms with Gasteiger partial charge in [0.25, 0.3) is 5.91 Å². The first kappa shape index (κ1) is 22.0. The molecule has 1 amide bonds. The van der Waals surface area contributed by atoms with Crippen molar-refractivity contribution in [2.45, 2.75) is 30.7 Å². The third-order valence-corrected chi connectivity index (χ3v) is 7.09. The second-order valence-electron chi connectivity index (χ2n) is 7.51. The molecule has 1 N–H and O–H groups in total. The molecule has 31 heavy (non-hydrogen) atoms. The fourth-order valence-electron chi connectivity index (χ4n) is 3.50. The van der Waals surface area contributed by atoms with Crippen molar-refractivity contribution in [1.82, 2.24) is 15.2 Å². The predicted octanol–water partition coefficient (Wildman–Crippen LogP) is 4.51. The molecule has 2 aromatic carbocycles. The highest BCUT2D eigenvalue weighted by molar-refractivity contribution is 7.98. The van der Waals surface area contributed by atoms with Crippen molar-refractivity contribution in [2.24, 2.45) is 0 Å². The number of hydrogen-bond acceptors (Lipinski definition) is 6. The van der Waals surface area contributed by atoms with E-state index >= 15 is 0 Å². The number of carbonyl (C=O) groups is 1. The number of amides is 1. The van der Waals surface area contributed by atoms with Crippen molar-refractivity contribution < 1.29 is 9.53 Å². The van der Waals surface area contributed by atoms with E-state index in [2.05, 4.69) is 38.8 Å². The van der Waals surface area contributed by atoms with Crippen LogP contribution in [0.3, 0.4) is 0 Å². The summed E-state index contributed by atoms with van der Waals surface area (Å²) in [5, 5.41) is 6.27. The molecule has 1 aromatic heterocycles. The van der Waals surface area contributed by atoms with E-state index in [1.165, 1.54) is 5.56 Å². The molecule has 0 aliphatic carbocycles. The van der Waals surface area contributed by atoms with Crippen LogP contribution >= 0.6 is 23.1 Å². The van der Waals surface area contributed by atoms with Crippen molar-refractivity contribution in [3.05, 3.63) is 81.3 Å². The Kier molecular flexibility index (Phi) is 7.75. The molecule has 0 radical (unpaired) electrons. The fraction of sp³-hybridized carbons (Fsp3) is 0.333. The predicted molar refractivity (Wildman–Crippen MR) is 127 cm³/mol. The summed E-state index contributed by atoms with van der Waals surface area (Å²) in [4.78, 5) is 20.7. The highest BCUT2D eigenvalue weighted by atomic mass is 32.2. The molecule has 162 valence electrons. The number of hydrogen-bond donors (Lipinski definition) is 1. The molecular formula is C24H27N3O2S2. The topological polar surface area (TPSA) is 54.5 Å². The van der Waals surface area contributed by atoms with Crippen LogP contribution in [-0.2, 0) is 23.6 Å². The zero-order valence-corrected chi connectivity index (χ0v) is 19.3. The first-order valence-corrected chi connectivity index (χ1v) is 12.3. The summed E-state index contributed by atoms with van der Waals surface area (Å²) in [5.74, 6) is 0.795. The van der Waals surface area contributed by atoms with Gasteiger partial charge in [0.2, 0.25) is 0 Å². The van der Waals surface area contributed by atoms with Gasteiger partial charge in [-0.1, -0.05) is 24.3 Å². The molecule has 4 rings (SSSR count). The Morgan fingerprint density at radius 3 is 2.58 bits per heavy atom. The molecule has 1 fully saturated rings. The third-order valence-electron chi connectivity index (χ3n) is 5.23. The number of thioether (sulfide) groups is 1. The van der Waals surface area contributed by atoms with Crippen LogP contribution in [0.2, 0.25) is 0 Å². The van der Waals surface area contributed by atoms with Crippen LogP contribution in [0, 0.1) is 6.92 Å². The van der Waals surface area contributed by atoms with Gasteiger partial charge in [0.15, 0.2) is 0 Å². The van der Waals surface area contributed by atoms with E-state index in [0.717, 1.165) is 59.8 Å². The van der Waals surface area contributed by atoms with Crippen LogP contribution in [0.25, 0.3) is 0 Å². The van der Waals surface area contributed by atoms with Crippen LogP contribution in [-0.4, -0.2) is 42.1 Å². The standard InChI is InChI=1S/C24H27N3O2S2/c1-18-26-22(16-30-18)17-31-23-8-6-19(7-9-23)24(28)25-14-20-4-2-3-5-21(20)15-27-10-12-29-13-11-27/h2-9,16H,10-15,17H2,1H3,(H,25,28). The normalized spacial score (nSPS) is 14.5. The van der Waals surface area contributed by atoms with Crippen LogP contribution in [0.4, 0.5) is 0 Å². The van der Waals surface area contributed by atoms with Gasteiger partial charge in [0.1, 0.15) is 0 Å². The van der Waals surface area contributed by atoms with Crippen LogP contribution in [0.15, 0.2) is 58.8 Å². The van der Waals surface area contributed by atoms with Crippen LogP contribution in [0.1, 0.15) is 32.2 Å². The molecule has 1 aliphatic heterocycles. The summed E-state index contributed by atoms with van der Waals surface area (Å²) in [6.07, 6.45) is 0. The molecule has 2 heterocycles. The zero-order valence-electron chi connectivity index (χ0n) is 17.7. The number of rotatable bonds is 8. The lowest BCUT2D eigenvalue weighted by Gasteiger charge is -2.27. The summed E-state index contributed by atoms with van der Waals surface area (Å²) in [7, 11) is 0. The first-order valence-electron chi connectivity index (χ1n) is 10.5. The number of benzene rings is 2. The van der Waals surface area contributed by atoms with Gasteiger partial charge in [-0.3, -0.25) is 9.69 Å². The molecule has 0 atom stereocenters. The van der Waals surface area contributed by atoms with E-state index in [-0.39, 0.29) is 5.91 Å². The molecular weight excluding hydrogens is 426 g/mol. The second kappa shape index (κ2) is 10.9. The first-order chi connectivity index (χ1) is 15.2. The lowest BCUT2D eigenvalue weighted by molar-refractivity contribution is 0.0340. The average molecular weight is 454 g/mol. The molecule has 5 nitrogen and oxygen atoms in total. The average Bonchev–Trinajstić information content (AvgIpc) is 3.23. The number of carbonyl (C=O) groups excluding carboxylic acids is 1. The Morgan fingerprint density at radius 2 is 1.87 bits per heavy atom. The molecule has 0 bridgehead atoms. The molecule has 0 unspecified atom stereocenters. The largest absolute Gasteiger partial charge is 0.379 e.